The highest BCUT2D eigenvalue weighted by molar-refractivity contribution is 6.12. The Morgan fingerprint density at radius 1 is 0.362 bits per heavy atom. The minimum Gasteiger partial charge on any atom is -0.369 e. The molecule has 0 radical (unpaired) electrons. The van der Waals surface area contributed by atoms with Gasteiger partial charge in [0.25, 0.3) is 0 Å². The number of carbonyl (C=O) groups is 3. The highest BCUT2D eigenvalue weighted by atomic mass is 16.1. The fourth-order valence-electron chi connectivity index (χ4n) is 14.2. The van der Waals surface area contributed by atoms with Crippen molar-refractivity contribution in [2.75, 3.05) is 134 Å². The van der Waals surface area contributed by atoms with Crippen LogP contribution >= 0.6 is 0 Å². The standard InChI is InChI=1S/C30H34N4O.2C29H33N5O/c1-22-8-10-23(11-9-22)14-15-31-29(24-6-4-3-5-7-24)30(35)27-21-32-28-20-25(12-13-26(27)28)34-18-16-33(2)17-19-34;2*1-21-8-10-22(11-9-21)14-15-30-27(23-6-4-3-5-7-23)28(35)25-20-31-29-24(25)12-13-26(32-29)34-18-16-33(2)17-19-34/h3-13,20-21,29,31-32H,14-19H2,1-2H3;2*3-13,20,27,30H,14-19H2,1-2H3,(H,31,32)/t29-;2*27-/m010/s1. The van der Waals surface area contributed by atoms with Crippen LogP contribution in [-0.2, 0) is 19.3 Å². The molecule has 15 rings (SSSR count). The largest absolute Gasteiger partial charge is 0.369 e. The van der Waals surface area contributed by atoms with Gasteiger partial charge in [0.1, 0.15) is 22.9 Å². The lowest BCUT2D eigenvalue weighted by atomic mass is 9.96. The summed E-state index contributed by atoms with van der Waals surface area (Å²) in [5.74, 6) is 2.13. The molecule has 3 aliphatic rings. The second kappa shape index (κ2) is 34.9. The summed E-state index contributed by atoms with van der Waals surface area (Å²) in [6.45, 7) is 20.6. The molecule has 0 amide bonds. The Morgan fingerprint density at radius 3 is 1.03 bits per heavy atom. The fraction of sp³-hybridized carbons (Fsp3) is 0.307. The average Bonchev–Trinajstić information content (AvgIpc) is 1.68. The van der Waals surface area contributed by atoms with Crippen molar-refractivity contribution >= 4 is 67.6 Å². The Labute approximate surface area is 618 Å². The zero-order chi connectivity index (χ0) is 72.6. The highest BCUT2D eigenvalue weighted by Gasteiger charge is 2.29. The van der Waals surface area contributed by atoms with Crippen molar-refractivity contribution < 1.29 is 14.4 Å². The molecule has 12 aromatic rings. The number of ketones is 3. The first kappa shape index (κ1) is 73.0. The van der Waals surface area contributed by atoms with Crippen LogP contribution in [0.25, 0.3) is 33.0 Å². The van der Waals surface area contributed by atoms with E-state index >= 15 is 0 Å². The maximum absolute atomic E-state index is 13.8. The normalized spacial score (nSPS) is 15.4. The summed E-state index contributed by atoms with van der Waals surface area (Å²) in [5, 5.41) is 13.3. The number of H-pyrrole nitrogens is 3. The quantitative estimate of drug-likeness (QED) is 0.0315. The summed E-state index contributed by atoms with van der Waals surface area (Å²) in [4.78, 5) is 75.1. The summed E-state index contributed by atoms with van der Waals surface area (Å²) in [6, 6.07) is 69.1. The number of Topliss-reactive ketones (excluding diaryl/α,β-unsaturated/α-hetero) is 3. The molecule has 5 aromatic heterocycles. The van der Waals surface area contributed by atoms with Crippen molar-refractivity contribution in [3.63, 3.8) is 0 Å². The minimum atomic E-state index is -0.419. The summed E-state index contributed by atoms with van der Waals surface area (Å²) in [6.07, 6.45) is 8.09. The molecule has 17 nitrogen and oxygen atoms in total. The number of hydrogen-bond acceptors (Lipinski definition) is 14. The molecule has 0 aliphatic carbocycles. The number of nitrogens with one attached hydrogen (secondary N) is 6. The van der Waals surface area contributed by atoms with Gasteiger partial charge >= 0.3 is 0 Å². The number of rotatable bonds is 24. The Kier molecular flexibility index (Phi) is 24.3. The van der Waals surface area contributed by atoms with Crippen LogP contribution in [0.4, 0.5) is 17.3 Å². The Balaban J connectivity index is 0.000000140. The lowest BCUT2D eigenvalue weighted by Crippen LogP contribution is -2.44. The van der Waals surface area contributed by atoms with Crippen LogP contribution in [0.2, 0.25) is 0 Å². The molecule has 6 N–H and O–H groups in total. The van der Waals surface area contributed by atoms with Gasteiger partial charge in [0.2, 0.25) is 0 Å². The first-order valence-electron chi connectivity index (χ1n) is 37.3. The lowest BCUT2D eigenvalue weighted by Gasteiger charge is -2.34. The Morgan fingerprint density at radius 2 is 0.676 bits per heavy atom. The van der Waals surface area contributed by atoms with E-state index in [0.29, 0.717) is 24.2 Å². The van der Waals surface area contributed by atoms with Crippen LogP contribution < -0.4 is 30.7 Å². The molecule has 105 heavy (non-hydrogen) atoms. The molecular weight excluding hydrogens is 1300 g/mol. The van der Waals surface area contributed by atoms with Gasteiger partial charge < -0.3 is 60.3 Å². The summed E-state index contributed by atoms with van der Waals surface area (Å²) in [7, 11) is 6.46. The van der Waals surface area contributed by atoms with Crippen molar-refractivity contribution in [1.82, 2.24) is 55.6 Å². The predicted molar refractivity (Wildman–Crippen MR) is 429 cm³/mol. The summed E-state index contributed by atoms with van der Waals surface area (Å²) >= 11 is 0. The molecule has 0 unspecified atom stereocenters. The van der Waals surface area contributed by atoms with E-state index in [4.69, 9.17) is 9.97 Å². The van der Waals surface area contributed by atoms with Gasteiger partial charge in [-0.1, -0.05) is 187 Å². The molecule has 3 aliphatic heterocycles. The number of benzene rings is 7. The van der Waals surface area contributed by atoms with Crippen molar-refractivity contribution in [3.8, 4) is 0 Å². The van der Waals surface area contributed by atoms with E-state index in [1.54, 1.807) is 0 Å². The number of hydrogen-bond donors (Lipinski definition) is 6. The SMILES string of the molecule is Cc1ccc(CCN[C@@H](C(=O)c2c[nH]c3nc(N4CCN(C)CC4)ccc23)c2ccccc2)cc1.Cc1ccc(CCN[C@H](C(=O)c2c[nH]c3cc(N4CCN(C)CC4)ccc23)c2ccccc2)cc1.Cc1ccc(CCN[C@H](C(=O)c2c[nH]c3nc(N4CCN(C)CC4)ccc23)c2ccccc2)cc1. The first-order chi connectivity index (χ1) is 51.2. The predicted octanol–water partition coefficient (Wildman–Crippen LogP) is 13.7. The van der Waals surface area contributed by atoms with Gasteiger partial charge in [-0.2, -0.15) is 0 Å². The average molecular weight is 1400 g/mol. The number of fused-ring (bicyclic) bond motifs is 3. The number of aromatic nitrogens is 5. The smallest absolute Gasteiger partial charge is 0.186 e. The zero-order valence-electron chi connectivity index (χ0n) is 61.6. The molecule has 8 heterocycles. The van der Waals surface area contributed by atoms with Crippen molar-refractivity contribution in [1.29, 1.82) is 0 Å². The number of likely N-dealkylation sites (N-methyl/N-ethyl adjacent to an activating group) is 3. The van der Waals surface area contributed by atoms with Crippen molar-refractivity contribution in [2.24, 2.45) is 0 Å². The van der Waals surface area contributed by atoms with Gasteiger partial charge in [0.05, 0.1) is 18.1 Å². The van der Waals surface area contributed by atoms with Crippen molar-refractivity contribution in [2.45, 2.75) is 58.2 Å². The van der Waals surface area contributed by atoms with Gasteiger partial charge in [-0.05, 0) is 131 Å². The van der Waals surface area contributed by atoms with Gasteiger partial charge in [0.15, 0.2) is 17.3 Å². The van der Waals surface area contributed by atoms with Crippen LogP contribution in [0, 0.1) is 20.8 Å². The number of anilines is 3. The lowest BCUT2D eigenvalue weighted by molar-refractivity contribution is 0.0937. The minimum absolute atomic E-state index is 0.0560. The second-order valence-electron chi connectivity index (χ2n) is 28.5. The third kappa shape index (κ3) is 18.6. The maximum Gasteiger partial charge on any atom is 0.186 e. The van der Waals surface area contributed by atoms with E-state index < -0.39 is 18.1 Å². The molecule has 7 aromatic carbocycles. The second-order valence-corrected chi connectivity index (χ2v) is 28.5. The molecule has 3 saturated heterocycles. The van der Waals surface area contributed by atoms with Gasteiger partial charge in [-0.15, -0.1) is 0 Å². The van der Waals surface area contributed by atoms with E-state index in [0.717, 1.165) is 171 Å². The number of carbonyl (C=O) groups excluding carboxylic acids is 3. The third-order valence-corrected chi connectivity index (χ3v) is 20.9. The Hall–Kier alpha value is -10.4. The molecule has 0 spiro atoms. The Bertz CT molecular complexity index is 4300. The van der Waals surface area contributed by atoms with E-state index in [9.17, 15) is 14.4 Å². The van der Waals surface area contributed by atoms with Gasteiger partial charge in [0, 0.05) is 161 Å². The number of pyridine rings is 2. The molecule has 17 heteroatoms. The molecule has 3 fully saturated rings. The first-order valence-corrected chi connectivity index (χ1v) is 37.3. The molecule has 0 saturated carbocycles. The number of aromatic amines is 3. The fourth-order valence-corrected chi connectivity index (χ4v) is 14.2. The highest BCUT2D eigenvalue weighted by Crippen LogP contribution is 2.32. The van der Waals surface area contributed by atoms with Crippen molar-refractivity contribution in [3.05, 3.63) is 292 Å². The topological polar surface area (TPSA) is 180 Å². The van der Waals surface area contributed by atoms with Crippen LogP contribution in [0.5, 0.6) is 0 Å². The van der Waals surface area contributed by atoms with Gasteiger partial charge in [-0.3, -0.25) is 14.4 Å². The van der Waals surface area contributed by atoms with E-state index in [2.05, 4.69) is 193 Å². The molecule has 540 valence electrons. The van der Waals surface area contributed by atoms with Crippen LogP contribution in [0.3, 0.4) is 0 Å². The molecule has 3 atom stereocenters. The number of aryl methyl sites for hydroxylation is 3. The van der Waals surface area contributed by atoms with Crippen LogP contribution in [-0.4, -0.2) is 176 Å². The zero-order valence-corrected chi connectivity index (χ0v) is 61.6. The summed E-state index contributed by atoms with van der Waals surface area (Å²) in [5.41, 5.74) is 16.3. The van der Waals surface area contributed by atoms with Gasteiger partial charge in [-0.25, -0.2) is 9.97 Å². The summed E-state index contributed by atoms with van der Waals surface area (Å²) < 4.78 is 0. The van der Waals surface area contributed by atoms with E-state index in [1.165, 1.54) is 39.1 Å². The number of piperazine rings is 3. The maximum atomic E-state index is 13.8. The molecule has 0 bridgehead atoms. The number of nitrogens with zero attached hydrogens (tertiary/aromatic N) is 8. The van der Waals surface area contributed by atoms with Crippen LogP contribution in [0.1, 0.15) is 99.3 Å². The van der Waals surface area contributed by atoms with Crippen LogP contribution in [0.15, 0.2) is 225 Å². The third-order valence-electron chi connectivity index (χ3n) is 20.9. The monoisotopic (exact) mass is 1400 g/mol. The van der Waals surface area contributed by atoms with E-state index in [1.807, 2.05) is 134 Å². The van der Waals surface area contributed by atoms with E-state index in [-0.39, 0.29) is 17.3 Å². The molecular formula is C88H100N14O3.